The van der Waals surface area contributed by atoms with E-state index in [9.17, 15) is 0 Å². The first kappa shape index (κ1) is 11.7. The highest BCUT2D eigenvalue weighted by Crippen LogP contribution is 2.28. The van der Waals surface area contributed by atoms with Crippen molar-refractivity contribution in [2.45, 2.75) is 6.42 Å². The molecule has 1 aliphatic heterocycles. The van der Waals surface area contributed by atoms with Gasteiger partial charge in [0.05, 0.1) is 6.54 Å². The number of nitrogens with zero attached hydrogens (tertiary/aromatic N) is 2. The van der Waals surface area contributed by atoms with E-state index in [0.29, 0.717) is 0 Å². The third kappa shape index (κ3) is 2.03. The summed E-state index contributed by atoms with van der Waals surface area (Å²) >= 11 is 3.50. The molecule has 0 saturated heterocycles. The summed E-state index contributed by atoms with van der Waals surface area (Å²) in [6, 6.07) is 15.0. The number of amidine groups is 1. The predicted molar refractivity (Wildman–Crippen MR) is 82.0 cm³/mol. The number of benzene rings is 2. The van der Waals surface area contributed by atoms with Crippen LogP contribution >= 0.6 is 15.9 Å². The van der Waals surface area contributed by atoms with Crippen molar-refractivity contribution in [3.8, 4) is 0 Å². The fourth-order valence-electron chi connectivity index (χ4n) is 2.50. The number of hydrogen-bond acceptors (Lipinski definition) is 2. The lowest BCUT2D eigenvalue weighted by atomic mass is 10.1. The molecular weight excluding hydrogens is 288 g/mol. The topological polar surface area (TPSA) is 15.6 Å². The van der Waals surface area contributed by atoms with Crippen LogP contribution in [0.5, 0.6) is 0 Å². The molecule has 0 spiro atoms. The third-order valence-corrected chi connectivity index (χ3v) is 3.70. The number of alkyl halides is 1. The molecule has 0 N–H and O–H groups in total. The molecule has 3 rings (SSSR count). The lowest BCUT2D eigenvalue weighted by molar-refractivity contribution is 1.02. The molecule has 0 amide bonds. The van der Waals surface area contributed by atoms with Gasteiger partial charge in [0.15, 0.2) is 0 Å². The van der Waals surface area contributed by atoms with Crippen molar-refractivity contribution >= 4 is 38.2 Å². The SMILES string of the molecule is BrCCC1=NCCN1c1cccc2ccccc12. The predicted octanol–water partition coefficient (Wildman–Crippen LogP) is 3.84. The Morgan fingerprint density at radius 3 is 2.83 bits per heavy atom. The quantitative estimate of drug-likeness (QED) is 0.787. The van der Waals surface area contributed by atoms with Crippen LogP contribution in [0, 0.1) is 0 Å². The smallest absolute Gasteiger partial charge is 0.104 e. The van der Waals surface area contributed by atoms with Gasteiger partial charge in [0.25, 0.3) is 0 Å². The van der Waals surface area contributed by atoms with E-state index in [1.165, 1.54) is 22.3 Å². The van der Waals surface area contributed by atoms with Gasteiger partial charge >= 0.3 is 0 Å². The minimum atomic E-state index is 0.908. The van der Waals surface area contributed by atoms with Crippen LogP contribution in [0.1, 0.15) is 6.42 Å². The van der Waals surface area contributed by atoms with Crippen molar-refractivity contribution < 1.29 is 0 Å². The highest BCUT2D eigenvalue weighted by molar-refractivity contribution is 9.09. The van der Waals surface area contributed by atoms with Gasteiger partial charge in [-0.05, 0) is 11.5 Å². The molecule has 1 aliphatic rings. The molecular formula is C15H15BrN2. The number of aliphatic imine (C=N–C) groups is 1. The first-order valence-electron chi connectivity index (χ1n) is 6.25. The van der Waals surface area contributed by atoms with Crippen LogP contribution in [0.2, 0.25) is 0 Å². The van der Waals surface area contributed by atoms with Crippen LogP contribution < -0.4 is 4.90 Å². The van der Waals surface area contributed by atoms with Crippen molar-refractivity contribution in [1.82, 2.24) is 0 Å². The average Bonchev–Trinajstić information content (AvgIpc) is 2.87. The van der Waals surface area contributed by atoms with Crippen molar-refractivity contribution in [3.05, 3.63) is 42.5 Å². The van der Waals surface area contributed by atoms with E-state index >= 15 is 0 Å². The van der Waals surface area contributed by atoms with Crippen LogP contribution in [0.4, 0.5) is 5.69 Å². The molecule has 0 radical (unpaired) electrons. The monoisotopic (exact) mass is 302 g/mol. The van der Waals surface area contributed by atoms with Gasteiger partial charge in [0, 0.05) is 29.4 Å². The van der Waals surface area contributed by atoms with Crippen molar-refractivity contribution in [2.75, 3.05) is 23.3 Å². The second-order valence-corrected chi connectivity index (χ2v) is 5.18. The molecule has 0 unspecified atom stereocenters. The minimum Gasteiger partial charge on any atom is -0.328 e. The van der Waals surface area contributed by atoms with Gasteiger partial charge in [-0.25, -0.2) is 0 Å². The zero-order valence-electron chi connectivity index (χ0n) is 10.1. The van der Waals surface area contributed by atoms with E-state index in [0.717, 1.165) is 24.8 Å². The van der Waals surface area contributed by atoms with Gasteiger partial charge in [0.1, 0.15) is 5.84 Å². The zero-order valence-corrected chi connectivity index (χ0v) is 11.7. The molecule has 92 valence electrons. The van der Waals surface area contributed by atoms with Gasteiger partial charge < -0.3 is 4.90 Å². The Morgan fingerprint density at radius 1 is 1.11 bits per heavy atom. The standard InChI is InChI=1S/C15H15BrN2/c16-9-8-15-17-10-11-18(15)14-7-3-5-12-4-1-2-6-13(12)14/h1-7H,8-11H2. The first-order valence-corrected chi connectivity index (χ1v) is 7.37. The molecule has 2 aromatic carbocycles. The highest BCUT2D eigenvalue weighted by Gasteiger charge is 2.19. The van der Waals surface area contributed by atoms with Crippen LogP contribution in [0.15, 0.2) is 47.5 Å². The fourth-order valence-corrected chi connectivity index (χ4v) is 2.85. The van der Waals surface area contributed by atoms with E-state index in [-0.39, 0.29) is 0 Å². The molecule has 0 fully saturated rings. The highest BCUT2D eigenvalue weighted by atomic mass is 79.9. The van der Waals surface area contributed by atoms with E-state index in [1.807, 2.05) is 0 Å². The number of hydrogen-bond donors (Lipinski definition) is 0. The largest absolute Gasteiger partial charge is 0.328 e. The van der Waals surface area contributed by atoms with Crippen molar-refractivity contribution in [2.24, 2.45) is 4.99 Å². The molecule has 0 saturated carbocycles. The van der Waals surface area contributed by atoms with Crippen molar-refractivity contribution in [3.63, 3.8) is 0 Å². The minimum absolute atomic E-state index is 0.908. The average molecular weight is 303 g/mol. The molecule has 0 aromatic heterocycles. The van der Waals surface area contributed by atoms with E-state index in [1.54, 1.807) is 0 Å². The molecule has 0 atom stereocenters. The third-order valence-electron chi connectivity index (χ3n) is 3.31. The summed E-state index contributed by atoms with van der Waals surface area (Å²) in [6.45, 7) is 1.90. The van der Waals surface area contributed by atoms with E-state index < -0.39 is 0 Å². The summed E-state index contributed by atoms with van der Waals surface area (Å²) in [5.74, 6) is 1.20. The summed E-state index contributed by atoms with van der Waals surface area (Å²) < 4.78 is 0. The second-order valence-electron chi connectivity index (χ2n) is 4.39. The summed E-state index contributed by atoms with van der Waals surface area (Å²) in [7, 11) is 0. The van der Waals surface area contributed by atoms with Gasteiger partial charge in [-0.2, -0.15) is 0 Å². The molecule has 2 aromatic rings. The van der Waals surface area contributed by atoms with Crippen molar-refractivity contribution in [1.29, 1.82) is 0 Å². The maximum absolute atomic E-state index is 4.60. The number of rotatable bonds is 3. The summed E-state index contributed by atoms with van der Waals surface area (Å²) in [6.07, 6.45) is 0.989. The Bertz CT molecular complexity index is 587. The summed E-state index contributed by atoms with van der Waals surface area (Å²) in [5, 5.41) is 3.57. The van der Waals surface area contributed by atoms with Crippen LogP contribution in [-0.4, -0.2) is 24.3 Å². The van der Waals surface area contributed by atoms with Crippen LogP contribution in [0.25, 0.3) is 10.8 Å². The summed E-state index contributed by atoms with van der Waals surface area (Å²) in [5.41, 5.74) is 1.28. The molecule has 3 heteroatoms. The summed E-state index contributed by atoms with van der Waals surface area (Å²) in [4.78, 5) is 6.95. The molecule has 0 bridgehead atoms. The lowest BCUT2D eigenvalue weighted by Crippen LogP contribution is -2.27. The maximum atomic E-state index is 4.60. The maximum Gasteiger partial charge on any atom is 0.104 e. The first-order chi connectivity index (χ1) is 8.90. The van der Waals surface area contributed by atoms with Gasteiger partial charge in [0.2, 0.25) is 0 Å². The molecule has 0 aliphatic carbocycles. The van der Waals surface area contributed by atoms with Crippen LogP contribution in [0.3, 0.4) is 0 Å². The van der Waals surface area contributed by atoms with Crippen LogP contribution in [-0.2, 0) is 0 Å². The molecule has 2 nitrogen and oxygen atoms in total. The fraction of sp³-hybridized carbons (Fsp3) is 0.267. The Hall–Kier alpha value is -1.35. The number of anilines is 1. The van der Waals surface area contributed by atoms with E-state index in [4.69, 9.17) is 0 Å². The van der Waals surface area contributed by atoms with Gasteiger partial charge in [-0.3, -0.25) is 4.99 Å². The van der Waals surface area contributed by atoms with Gasteiger partial charge in [-0.15, -0.1) is 0 Å². The second kappa shape index (κ2) is 5.11. The lowest BCUT2D eigenvalue weighted by Gasteiger charge is -2.22. The Labute approximate surface area is 115 Å². The normalized spacial score (nSPS) is 15.2. The number of halogens is 1. The molecule has 1 heterocycles. The Morgan fingerprint density at radius 2 is 1.94 bits per heavy atom. The van der Waals surface area contributed by atoms with E-state index in [2.05, 4.69) is 68.3 Å². The Balaban J connectivity index is 2.07. The zero-order chi connectivity index (χ0) is 12.4. The molecule has 18 heavy (non-hydrogen) atoms. The van der Waals surface area contributed by atoms with Gasteiger partial charge in [-0.1, -0.05) is 52.3 Å². The number of fused-ring (bicyclic) bond motifs is 1. The Kier molecular flexibility index (Phi) is 3.33.